The maximum absolute atomic E-state index is 12.9. The van der Waals surface area contributed by atoms with Gasteiger partial charge in [-0.05, 0) is 61.7 Å². The fourth-order valence-corrected chi connectivity index (χ4v) is 4.92. The Bertz CT molecular complexity index is 778. The van der Waals surface area contributed by atoms with Gasteiger partial charge >= 0.3 is 0 Å². The molecule has 2 aromatic rings. The van der Waals surface area contributed by atoms with Crippen molar-refractivity contribution in [1.29, 1.82) is 0 Å². The molecule has 0 spiro atoms. The van der Waals surface area contributed by atoms with Crippen molar-refractivity contribution in [3.05, 3.63) is 59.0 Å². The Morgan fingerprint density at radius 2 is 1.96 bits per heavy atom. The molecule has 1 fully saturated rings. The summed E-state index contributed by atoms with van der Waals surface area (Å²) in [6, 6.07) is 13.4. The first-order chi connectivity index (χ1) is 13.2. The lowest BCUT2D eigenvalue weighted by Crippen LogP contribution is -2.51. The van der Waals surface area contributed by atoms with Gasteiger partial charge < -0.3 is 9.32 Å². The molecule has 4 rings (SSSR count). The van der Waals surface area contributed by atoms with E-state index in [0.717, 1.165) is 50.3 Å². The van der Waals surface area contributed by atoms with E-state index in [4.69, 9.17) is 4.42 Å². The first kappa shape index (κ1) is 18.6. The van der Waals surface area contributed by atoms with Crippen molar-refractivity contribution in [2.45, 2.75) is 43.5 Å². The van der Waals surface area contributed by atoms with E-state index < -0.39 is 0 Å². The third kappa shape index (κ3) is 3.94. The number of furan rings is 1. The molecule has 0 saturated carbocycles. The minimum atomic E-state index is 0.00362. The van der Waals surface area contributed by atoms with E-state index >= 15 is 0 Å². The van der Waals surface area contributed by atoms with Gasteiger partial charge in [-0.1, -0.05) is 24.3 Å². The second-order valence-corrected chi connectivity index (χ2v) is 8.60. The Balaban J connectivity index is 1.39. The van der Waals surface area contributed by atoms with Crippen molar-refractivity contribution in [2.75, 3.05) is 26.4 Å². The number of likely N-dealkylation sites (tertiary alicyclic amines) is 1. The molecule has 1 amide bonds. The van der Waals surface area contributed by atoms with Crippen molar-refractivity contribution >= 4 is 17.7 Å². The predicted molar refractivity (Wildman–Crippen MR) is 110 cm³/mol. The number of thioether (sulfide) groups is 1. The number of benzene rings is 1. The summed E-state index contributed by atoms with van der Waals surface area (Å²) in [5, 5.41) is 0. The molecule has 1 aliphatic carbocycles. The maximum Gasteiger partial charge on any atom is 0.289 e. The third-order valence-electron chi connectivity index (χ3n) is 6.00. The lowest BCUT2D eigenvalue weighted by atomic mass is 10.0. The smallest absolute Gasteiger partial charge is 0.289 e. The van der Waals surface area contributed by atoms with Crippen LogP contribution in [0.1, 0.15) is 40.3 Å². The van der Waals surface area contributed by atoms with Crippen molar-refractivity contribution < 1.29 is 9.21 Å². The van der Waals surface area contributed by atoms with Crippen LogP contribution in [-0.2, 0) is 18.6 Å². The van der Waals surface area contributed by atoms with Crippen LogP contribution in [0.5, 0.6) is 0 Å². The quantitative estimate of drug-likeness (QED) is 0.785. The van der Waals surface area contributed by atoms with Gasteiger partial charge in [0.1, 0.15) is 5.76 Å². The molecular formula is C22H28N2O2S. The minimum Gasteiger partial charge on any atom is -0.455 e. The standard InChI is InChI=1S/C22H28N2O2S/c1-23(22(25)21-10-9-20(26-21)15-27-2)18-8-5-11-24(14-18)19-12-16-6-3-4-7-17(16)13-19/h3-4,6-7,9-10,18-19H,5,8,11-15H2,1-2H3/t18-/m1/s1. The molecule has 1 aromatic carbocycles. The fraction of sp³-hybridized carbons (Fsp3) is 0.500. The lowest BCUT2D eigenvalue weighted by Gasteiger charge is -2.40. The van der Waals surface area contributed by atoms with Crippen LogP contribution in [0.15, 0.2) is 40.8 Å². The van der Waals surface area contributed by atoms with Gasteiger partial charge in [0.05, 0.1) is 5.75 Å². The van der Waals surface area contributed by atoms with Gasteiger partial charge in [0.2, 0.25) is 0 Å². The molecule has 144 valence electrons. The molecule has 0 N–H and O–H groups in total. The van der Waals surface area contributed by atoms with Crippen LogP contribution in [0.2, 0.25) is 0 Å². The van der Waals surface area contributed by atoms with Gasteiger partial charge in [0.25, 0.3) is 5.91 Å². The molecule has 2 heterocycles. The third-order valence-corrected chi connectivity index (χ3v) is 6.57. The highest BCUT2D eigenvalue weighted by Crippen LogP contribution is 2.28. The number of rotatable bonds is 5. The first-order valence-corrected chi connectivity index (χ1v) is 11.2. The number of amides is 1. The van der Waals surface area contributed by atoms with Crippen LogP contribution in [0.3, 0.4) is 0 Å². The van der Waals surface area contributed by atoms with Crippen LogP contribution in [0, 0.1) is 0 Å². The van der Waals surface area contributed by atoms with Gasteiger partial charge in [-0.2, -0.15) is 11.8 Å². The van der Waals surface area contributed by atoms with Crippen LogP contribution < -0.4 is 0 Å². The zero-order valence-electron chi connectivity index (χ0n) is 16.2. The van der Waals surface area contributed by atoms with Gasteiger partial charge in [-0.15, -0.1) is 0 Å². The van der Waals surface area contributed by atoms with Crippen LogP contribution in [0.25, 0.3) is 0 Å². The summed E-state index contributed by atoms with van der Waals surface area (Å²) < 4.78 is 5.74. The van der Waals surface area contributed by atoms with Gasteiger partial charge in [0, 0.05) is 25.7 Å². The number of carbonyl (C=O) groups is 1. The van der Waals surface area contributed by atoms with E-state index in [-0.39, 0.29) is 11.9 Å². The second kappa shape index (κ2) is 8.11. The van der Waals surface area contributed by atoms with Crippen LogP contribution in [0.4, 0.5) is 0 Å². The second-order valence-electron chi connectivity index (χ2n) is 7.74. The van der Waals surface area contributed by atoms with E-state index in [1.54, 1.807) is 11.8 Å². The van der Waals surface area contributed by atoms with Crippen LogP contribution in [-0.4, -0.2) is 54.2 Å². The van der Waals surface area contributed by atoms with E-state index in [2.05, 4.69) is 29.2 Å². The van der Waals surface area contributed by atoms with Crippen molar-refractivity contribution in [2.24, 2.45) is 0 Å². The molecule has 4 nitrogen and oxygen atoms in total. The topological polar surface area (TPSA) is 36.7 Å². The number of fused-ring (bicyclic) bond motifs is 1. The fourth-order valence-electron chi connectivity index (χ4n) is 4.48. The SMILES string of the molecule is CSCc1ccc(C(=O)N(C)[C@@H]2CCCN(C3Cc4ccccc4C3)C2)o1. The summed E-state index contributed by atoms with van der Waals surface area (Å²) in [7, 11) is 1.93. The predicted octanol–water partition coefficient (Wildman–Crippen LogP) is 3.85. The summed E-state index contributed by atoms with van der Waals surface area (Å²) in [6.07, 6.45) is 6.52. The summed E-state index contributed by atoms with van der Waals surface area (Å²) >= 11 is 1.70. The largest absolute Gasteiger partial charge is 0.455 e. The van der Waals surface area contributed by atoms with E-state index in [0.29, 0.717) is 11.8 Å². The molecular weight excluding hydrogens is 356 g/mol. The zero-order valence-corrected chi connectivity index (χ0v) is 17.0. The first-order valence-electron chi connectivity index (χ1n) is 9.81. The van der Waals surface area contributed by atoms with E-state index in [1.807, 2.05) is 30.3 Å². The Morgan fingerprint density at radius 3 is 2.67 bits per heavy atom. The number of likely N-dealkylation sites (N-methyl/N-ethyl adjacent to an activating group) is 1. The number of nitrogens with zero attached hydrogens (tertiary/aromatic N) is 2. The van der Waals surface area contributed by atoms with E-state index in [9.17, 15) is 4.79 Å². The number of piperidine rings is 1. The molecule has 1 atom stereocenters. The highest BCUT2D eigenvalue weighted by molar-refractivity contribution is 7.97. The zero-order chi connectivity index (χ0) is 18.8. The highest BCUT2D eigenvalue weighted by atomic mass is 32.2. The lowest BCUT2D eigenvalue weighted by molar-refractivity contribution is 0.0527. The average molecular weight is 385 g/mol. The normalized spacial score (nSPS) is 20.6. The minimum absolute atomic E-state index is 0.00362. The highest BCUT2D eigenvalue weighted by Gasteiger charge is 2.33. The Hall–Kier alpha value is -1.72. The van der Waals surface area contributed by atoms with Crippen molar-refractivity contribution in [1.82, 2.24) is 9.80 Å². The number of hydrogen-bond donors (Lipinski definition) is 0. The van der Waals surface area contributed by atoms with Crippen LogP contribution >= 0.6 is 11.8 Å². The molecule has 5 heteroatoms. The monoisotopic (exact) mass is 384 g/mol. The number of carbonyl (C=O) groups excluding carboxylic acids is 1. The Morgan fingerprint density at radius 1 is 1.22 bits per heavy atom. The summed E-state index contributed by atoms with van der Waals surface area (Å²) in [6.45, 7) is 2.09. The maximum atomic E-state index is 12.9. The summed E-state index contributed by atoms with van der Waals surface area (Å²) in [5.41, 5.74) is 2.98. The molecule has 2 aliphatic rings. The summed E-state index contributed by atoms with van der Waals surface area (Å²) in [4.78, 5) is 17.4. The molecule has 0 unspecified atom stereocenters. The van der Waals surface area contributed by atoms with Crippen molar-refractivity contribution in [3.8, 4) is 0 Å². The Kier molecular flexibility index (Phi) is 5.60. The molecule has 0 bridgehead atoms. The molecule has 0 radical (unpaired) electrons. The molecule has 1 saturated heterocycles. The van der Waals surface area contributed by atoms with E-state index in [1.165, 1.54) is 11.1 Å². The van der Waals surface area contributed by atoms with Crippen molar-refractivity contribution in [3.63, 3.8) is 0 Å². The molecule has 27 heavy (non-hydrogen) atoms. The average Bonchev–Trinajstić information content (AvgIpc) is 3.34. The molecule has 1 aromatic heterocycles. The number of hydrogen-bond acceptors (Lipinski definition) is 4. The Labute approximate surface area is 165 Å². The molecule has 1 aliphatic heterocycles. The summed E-state index contributed by atoms with van der Waals surface area (Å²) in [5.74, 6) is 2.14. The van der Waals surface area contributed by atoms with Gasteiger partial charge in [0.15, 0.2) is 5.76 Å². The van der Waals surface area contributed by atoms with Gasteiger partial charge in [-0.25, -0.2) is 0 Å². The van der Waals surface area contributed by atoms with Gasteiger partial charge in [-0.3, -0.25) is 9.69 Å².